The normalized spacial score (nSPS) is 14.7. The van der Waals surface area contributed by atoms with E-state index < -0.39 is 18.1 Å². The number of alkyl halides is 1. The zero-order valence-electron chi connectivity index (χ0n) is 11.2. The van der Waals surface area contributed by atoms with Gasteiger partial charge in [0.1, 0.15) is 0 Å². The molecule has 1 unspecified atom stereocenters. The molecular weight excluding hydrogens is 263 g/mol. The first kappa shape index (κ1) is 17.1. The number of rotatable bonds is 8. The molecule has 0 saturated heterocycles. The Morgan fingerprint density at radius 1 is 1.35 bits per heavy atom. The van der Waals surface area contributed by atoms with Gasteiger partial charge in [0.2, 0.25) is 0 Å². The summed E-state index contributed by atoms with van der Waals surface area (Å²) in [4.78, 5) is 12.2. The van der Waals surface area contributed by atoms with Gasteiger partial charge in [-0.3, -0.25) is 9.36 Å². The number of carbonyl (C=O) groups excluding carboxylic acids is 1. The average molecular weight is 285 g/mol. The summed E-state index contributed by atoms with van der Waals surface area (Å²) in [6.45, 7) is 5.65. The Labute approximate surface area is 109 Å². The summed E-state index contributed by atoms with van der Waals surface area (Å²) in [5.74, 6) is -0.292. The highest BCUT2D eigenvalue weighted by molar-refractivity contribution is 7.57. The Kier molecular flexibility index (Phi) is 6.93. The van der Waals surface area contributed by atoms with Crippen molar-refractivity contribution in [3.05, 3.63) is 0 Å². The summed E-state index contributed by atoms with van der Waals surface area (Å²) < 4.78 is 21.5. The highest BCUT2D eigenvalue weighted by atomic mass is 35.5. The summed E-state index contributed by atoms with van der Waals surface area (Å²) in [5, 5.41) is -1.25. The molecule has 0 saturated carbocycles. The lowest BCUT2D eigenvalue weighted by Crippen LogP contribution is -2.32. The van der Waals surface area contributed by atoms with Crippen LogP contribution in [0.15, 0.2) is 0 Å². The zero-order valence-corrected chi connectivity index (χ0v) is 12.8. The fraction of sp³-hybridized carbons (Fsp3) is 0.909. The van der Waals surface area contributed by atoms with Crippen molar-refractivity contribution in [3.8, 4) is 0 Å². The molecule has 0 aliphatic heterocycles. The van der Waals surface area contributed by atoms with Gasteiger partial charge in [0.25, 0.3) is 0 Å². The van der Waals surface area contributed by atoms with Crippen LogP contribution in [-0.4, -0.2) is 25.1 Å². The van der Waals surface area contributed by atoms with Crippen LogP contribution in [0, 0.1) is 5.41 Å². The molecule has 102 valence electrons. The SMILES string of the molecule is CCCCC(C)(C)C(=O)C(Cl)P(=O)(OC)OC. The number of hydrogen-bond acceptors (Lipinski definition) is 4. The van der Waals surface area contributed by atoms with Crippen molar-refractivity contribution in [2.75, 3.05) is 14.2 Å². The van der Waals surface area contributed by atoms with E-state index in [0.717, 1.165) is 12.8 Å². The van der Waals surface area contributed by atoms with Gasteiger partial charge in [-0.1, -0.05) is 33.6 Å². The molecule has 0 aliphatic carbocycles. The first-order valence-electron chi connectivity index (χ1n) is 5.64. The van der Waals surface area contributed by atoms with Crippen molar-refractivity contribution in [3.63, 3.8) is 0 Å². The molecule has 0 spiro atoms. The lowest BCUT2D eigenvalue weighted by Gasteiger charge is -2.27. The third-order valence-corrected chi connectivity index (χ3v) is 5.55. The van der Waals surface area contributed by atoms with Crippen molar-refractivity contribution < 1.29 is 18.4 Å². The summed E-state index contributed by atoms with van der Waals surface area (Å²) in [6.07, 6.45) is 2.63. The fourth-order valence-electron chi connectivity index (χ4n) is 1.47. The van der Waals surface area contributed by atoms with E-state index in [-0.39, 0.29) is 5.78 Å². The minimum Gasteiger partial charge on any atom is -0.311 e. The largest absolute Gasteiger partial charge is 0.355 e. The molecular formula is C11H22ClO4P. The van der Waals surface area contributed by atoms with Gasteiger partial charge in [0.05, 0.1) is 0 Å². The maximum absolute atomic E-state index is 12.2. The number of Topliss-reactive ketones (excluding diaryl/α,β-unsaturated/α-hetero) is 1. The minimum absolute atomic E-state index is 0.292. The summed E-state index contributed by atoms with van der Waals surface area (Å²) in [5.41, 5.74) is -0.616. The first-order valence-corrected chi connectivity index (χ1v) is 7.69. The van der Waals surface area contributed by atoms with E-state index in [2.05, 4.69) is 0 Å². The van der Waals surface area contributed by atoms with Gasteiger partial charge in [0.15, 0.2) is 10.9 Å². The van der Waals surface area contributed by atoms with E-state index in [1.165, 1.54) is 14.2 Å². The highest BCUT2D eigenvalue weighted by Gasteiger charge is 2.44. The van der Waals surface area contributed by atoms with Crippen LogP contribution in [0.2, 0.25) is 0 Å². The Morgan fingerprint density at radius 2 is 1.82 bits per heavy atom. The molecule has 0 aliphatic rings. The van der Waals surface area contributed by atoms with Gasteiger partial charge in [0, 0.05) is 19.6 Å². The molecule has 0 rings (SSSR count). The third-order valence-electron chi connectivity index (χ3n) is 2.83. The molecule has 1 atom stereocenters. The van der Waals surface area contributed by atoms with E-state index in [9.17, 15) is 9.36 Å². The molecule has 0 bridgehead atoms. The molecule has 0 aromatic carbocycles. The predicted molar refractivity (Wildman–Crippen MR) is 69.6 cm³/mol. The summed E-state index contributed by atoms with van der Waals surface area (Å²) >= 11 is 5.94. The van der Waals surface area contributed by atoms with Gasteiger partial charge in [-0.15, -0.1) is 11.6 Å². The van der Waals surface area contributed by atoms with Crippen LogP contribution >= 0.6 is 19.2 Å². The second kappa shape index (κ2) is 6.89. The molecule has 0 aromatic heterocycles. The van der Waals surface area contributed by atoms with Crippen LogP contribution in [0.1, 0.15) is 40.0 Å². The molecule has 6 heteroatoms. The lowest BCUT2D eigenvalue weighted by molar-refractivity contribution is -0.126. The van der Waals surface area contributed by atoms with Gasteiger partial charge in [-0.25, -0.2) is 0 Å². The molecule has 0 aromatic rings. The second-order valence-corrected chi connectivity index (χ2v) is 7.66. The Morgan fingerprint density at radius 3 is 2.18 bits per heavy atom. The number of hydrogen-bond donors (Lipinski definition) is 0. The summed E-state index contributed by atoms with van der Waals surface area (Å²) in [7, 11) is -1.08. The Bertz CT molecular complexity index is 296. The van der Waals surface area contributed by atoms with Gasteiger partial charge in [-0.05, 0) is 6.42 Å². The number of halogens is 1. The molecule has 17 heavy (non-hydrogen) atoms. The Balaban J connectivity index is 4.86. The lowest BCUT2D eigenvalue weighted by atomic mass is 9.83. The van der Waals surface area contributed by atoms with Crippen LogP contribution in [0.5, 0.6) is 0 Å². The van der Waals surface area contributed by atoms with Crippen molar-refractivity contribution in [1.29, 1.82) is 0 Å². The second-order valence-electron chi connectivity index (χ2n) is 4.59. The van der Waals surface area contributed by atoms with Crippen LogP contribution in [0.4, 0.5) is 0 Å². The van der Waals surface area contributed by atoms with Crippen LogP contribution in [0.25, 0.3) is 0 Å². The smallest absolute Gasteiger partial charge is 0.311 e. The highest BCUT2D eigenvalue weighted by Crippen LogP contribution is 2.55. The van der Waals surface area contributed by atoms with Gasteiger partial charge in [-0.2, -0.15) is 0 Å². The van der Waals surface area contributed by atoms with Crippen LogP contribution in [0.3, 0.4) is 0 Å². The maximum Gasteiger partial charge on any atom is 0.355 e. The summed E-state index contributed by atoms with van der Waals surface area (Å²) in [6, 6.07) is 0. The van der Waals surface area contributed by atoms with E-state index in [1.54, 1.807) is 13.8 Å². The predicted octanol–water partition coefficient (Wildman–Crippen LogP) is 3.82. The van der Waals surface area contributed by atoms with Crippen molar-refractivity contribution >= 4 is 25.0 Å². The van der Waals surface area contributed by atoms with Crippen LogP contribution in [-0.2, 0) is 18.4 Å². The van der Waals surface area contributed by atoms with Crippen molar-refractivity contribution in [1.82, 2.24) is 0 Å². The van der Waals surface area contributed by atoms with E-state index >= 15 is 0 Å². The fourth-order valence-corrected chi connectivity index (χ4v) is 3.40. The number of unbranched alkanes of at least 4 members (excludes halogenated alkanes) is 1. The molecule has 0 radical (unpaired) electrons. The quantitative estimate of drug-likeness (QED) is 0.502. The van der Waals surface area contributed by atoms with Crippen LogP contribution < -0.4 is 0 Å². The van der Waals surface area contributed by atoms with E-state index in [1.807, 2.05) is 6.92 Å². The Hall–Kier alpha value is 0.110. The topological polar surface area (TPSA) is 52.6 Å². The van der Waals surface area contributed by atoms with Gasteiger partial charge < -0.3 is 9.05 Å². The monoisotopic (exact) mass is 284 g/mol. The third kappa shape index (κ3) is 4.36. The molecule has 4 nitrogen and oxygen atoms in total. The standard InChI is InChI=1S/C11H22ClO4P/c1-6-7-8-11(2,3)9(13)10(12)17(14,15-4)16-5/h10H,6-8H2,1-5H3. The van der Waals surface area contributed by atoms with Gasteiger partial charge >= 0.3 is 7.60 Å². The molecule has 0 amide bonds. The first-order chi connectivity index (χ1) is 7.75. The minimum atomic E-state index is -3.54. The number of ketones is 1. The van der Waals surface area contributed by atoms with E-state index in [4.69, 9.17) is 20.6 Å². The zero-order chi connectivity index (χ0) is 13.7. The molecule has 0 heterocycles. The molecule has 0 N–H and O–H groups in total. The van der Waals surface area contributed by atoms with E-state index in [0.29, 0.717) is 6.42 Å². The average Bonchev–Trinajstić information content (AvgIpc) is 2.33. The van der Waals surface area contributed by atoms with Crippen molar-refractivity contribution in [2.24, 2.45) is 5.41 Å². The van der Waals surface area contributed by atoms with Crippen molar-refractivity contribution in [2.45, 2.75) is 45.2 Å². The maximum atomic E-state index is 12.2. The number of carbonyl (C=O) groups is 1. The molecule has 0 fully saturated rings.